The lowest BCUT2D eigenvalue weighted by atomic mass is 9.86. The van der Waals surface area contributed by atoms with Gasteiger partial charge in [0, 0.05) is 72.9 Å². The highest BCUT2D eigenvalue weighted by atomic mass is 32.1. The molecule has 1 N–H and O–H groups in total. The van der Waals surface area contributed by atoms with Crippen LogP contribution in [0.3, 0.4) is 0 Å². The Morgan fingerprint density at radius 2 is 1.87 bits per heavy atom. The molecule has 12 heteroatoms. The molecule has 8 nitrogen and oxygen atoms in total. The molecule has 0 saturated carbocycles. The topological polar surface area (TPSA) is 85.9 Å². The quantitative estimate of drug-likeness (QED) is 0.192. The number of benzene rings is 1. The smallest absolute Gasteiger partial charge is 0.357 e. The van der Waals surface area contributed by atoms with Crippen molar-refractivity contribution in [2.75, 3.05) is 43.4 Å². The van der Waals surface area contributed by atoms with Crippen molar-refractivity contribution in [1.29, 1.82) is 5.26 Å². The number of nitrogens with one attached hydrogen (secondary N) is 1. The number of halogens is 3. The van der Waals surface area contributed by atoms with E-state index >= 15 is 0 Å². The molecule has 5 aromatic rings. The summed E-state index contributed by atoms with van der Waals surface area (Å²) in [5, 5.41) is 14.8. The average Bonchev–Trinajstić information content (AvgIpc) is 3.81. The monoisotopic (exact) mass is 658 g/mol. The molecule has 4 aromatic heterocycles. The number of thiophene rings is 1. The largest absolute Gasteiger partial charge is 0.393 e. The predicted octanol–water partition coefficient (Wildman–Crippen LogP) is 7.02. The molecule has 0 aliphatic carbocycles. The van der Waals surface area contributed by atoms with E-state index in [1.54, 1.807) is 13.1 Å². The van der Waals surface area contributed by atoms with Gasteiger partial charge in [0.2, 0.25) is 5.95 Å². The Hall–Kier alpha value is -4.21. The van der Waals surface area contributed by atoms with Crippen molar-refractivity contribution in [2.24, 2.45) is 5.41 Å². The van der Waals surface area contributed by atoms with E-state index in [2.05, 4.69) is 60.8 Å². The van der Waals surface area contributed by atoms with Crippen LogP contribution < -0.4 is 10.2 Å². The second kappa shape index (κ2) is 12.1. The number of nitriles is 1. The van der Waals surface area contributed by atoms with Gasteiger partial charge in [0.1, 0.15) is 22.4 Å². The summed E-state index contributed by atoms with van der Waals surface area (Å²) in [6, 6.07) is 14.6. The molecule has 0 amide bonds. The molecular weight excluding hydrogens is 622 g/mol. The van der Waals surface area contributed by atoms with Gasteiger partial charge >= 0.3 is 6.18 Å². The molecule has 2 fully saturated rings. The lowest BCUT2D eigenvalue weighted by molar-refractivity contribution is -0.126. The van der Waals surface area contributed by atoms with Gasteiger partial charge in [-0.2, -0.15) is 23.4 Å². The van der Waals surface area contributed by atoms with Crippen molar-refractivity contribution in [3.8, 4) is 6.07 Å². The Morgan fingerprint density at radius 1 is 1.04 bits per heavy atom. The normalized spacial score (nSPS) is 18.6. The Balaban J connectivity index is 1.07. The number of aromatic nitrogens is 4. The van der Waals surface area contributed by atoms with E-state index < -0.39 is 12.6 Å². The summed E-state index contributed by atoms with van der Waals surface area (Å²) in [7, 11) is 1.73. The van der Waals surface area contributed by atoms with Crippen molar-refractivity contribution in [3.63, 3.8) is 0 Å². The number of fused-ring (bicyclic) bond motifs is 2. The molecule has 1 aromatic carbocycles. The first-order valence-electron chi connectivity index (χ1n) is 16.0. The molecule has 7 rings (SSSR count). The number of anilines is 2. The highest BCUT2D eigenvalue weighted by molar-refractivity contribution is 7.18. The maximum absolute atomic E-state index is 13.2. The minimum Gasteiger partial charge on any atom is -0.357 e. The Morgan fingerprint density at radius 3 is 2.64 bits per heavy atom. The minimum atomic E-state index is -4.27. The first-order valence-corrected chi connectivity index (χ1v) is 16.8. The second-order valence-corrected chi connectivity index (χ2v) is 14.2. The molecule has 6 heterocycles. The number of hydrogen-bond donors (Lipinski definition) is 1. The highest BCUT2D eigenvalue weighted by Gasteiger charge is 2.44. The van der Waals surface area contributed by atoms with E-state index in [4.69, 9.17) is 4.98 Å². The fourth-order valence-corrected chi connectivity index (χ4v) is 8.53. The molecule has 244 valence electrons. The van der Waals surface area contributed by atoms with Gasteiger partial charge in [0.15, 0.2) is 0 Å². The Labute approximate surface area is 275 Å². The summed E-state index contributed by atoms with van der Waals surface area (Å²) in [5.41, 5.74) is 6.53. The minimum absolute atomic E-state index is 0.0997. The summed E-state index contributed by atoms with van der Waals surface area (Å²) < 4.78 is 41.7. The number of nitrogens with zero attached hydrogens (tertiary/aromatic N) is 7. The molecule has 2 saturated heterocycles. The van der Waals surface area contributed by atoms with Crippen molar-refractivity contribution >= 4 is 44.2 Å². The summed E-state index contributed by atoms with van der Waals surface area (Å²) in [6.45, 7) is 9.26. The van der Waals surface area contributed by atoms with Gasteiger partial charge in [-0.05, 0) is 86.7 Å². The molecule has 1 spiro atoms. The fourth-order valence-electron chi connectivity index (χ4n) is 7.47. The van der Waals surface area contributed by atoms with Crippen LogP contribution in [-0.2, 0) is 25.9 Å². The van der Waals surface area contributed by atoms with Gasteiger partial charge in [-0.1, -0.05) is 6.07 Å². The standard InChI is InChI=1S/C35H37F3N8S/c1-22-14-24(6-10-41-22)7-11-46-26(18-39)15-28-23(2)25(4-5-30(28)46)19-44-12-8-34(20-44)9-13-45(21-34)31-29-16-27(17-35(36,37)38)47-32(29)43-33(40-3)42-31/h4-6,10,14-16H,7-9,11-13,17,19-21H2,1-3H3,(H,40,42,43). The van der Waals surface area contributed by atoms with Gasteiger partial charge in [0.05, 0.1) is 11.8 Å². The lowest BCUT2D eigenvalue weighted by Gasteiger charge is -2.26. The maximum Gasteiger partial charge on any atom is 0.393 e. The van der Waals surface area contributed by atoms with E-state index in [9.17, 15) is 18.4 Å². The third-order valence-corrected chi connectivity index (χ3v) is 10.9. The van der Waals surface area contributed by atoms with E-state index in [1.807, 2.05) is 25.3 Å². The van der Waals surface area contributed by atoms with Crippen LogP contribution in [0.4, 0.5) is 24.9 Å². The third-order valence-electron chi connectivity index (χ3n) is 9.84. The number of pyridine rings is 1. The molecule has 2 aliphatic heterocycles. The Kier molecular flexibility index (Phi) is 8.09. The van der Waals surface area contributed by atoms with Gasteiger partial charge in [0.25, 0.3) is 0 Å². The molecule has 1 atom stereocenters. The van der Waals surface area contributed by atoms with E-state index in [-0.39, 0.29) is 10.3 Å². The molecule has 47 heavy (non-hydrogen) atoms. The summed E-state index contributed by atoms with van der Waals surface area (Å²) in [4.78, 5) is 19.1. The first-order chi connectivity index (χ1) is 22.5. The lowest BCUT2D eigenvalue weighted by Crippen LogP contribution is -2.31. The average molecular weight is 659 g/mol. The van der Waals surface area contributed by atoms with E-state index in [1.165, 1.54) is 16.7 Å². The number of hydrogen-bond acceptors (Lipinski definition) is 8. The maximum atomic E-state index is 13.2. The van der Waals surface area contributed by atoms with Crippen LogP contribution in [0.2, 0.25) is 0 Å². The van der Waals surface area contributed by atoms with Crippen LogP contribution >= 0.6 is 11.3 Å². The van der Waals surface area contributed by atoms with Crippen molar-refractivity contribution in [1.82, 2.24) is 24.4 Å². The third kappa shape index (κ3) is 6.26. The van der Waals surface area contributed by atoms with Crippen molar-refractivity contribution in [2.45, 2.75) is 58.8 Å². The molecule has 0 radical (unpaired) electrons. The fraction of sp³-hybridized carbons (Fsp3) is 0.429. The van der Waals surface area contributed by atoms with E-state index in [0.717, 1.165) is 92.3 Å². The van der Waals surface area contributed by atoms with Crippen LogP contribution in [-0.4, -0.2) is 63.8 Å². The highest BCUT2D eigenvalue weighted by Crippen LogP contribution is 2.44. The SMILES string of the molecule is CNc1nc(N2CCC3(CCN(Cc4ccc5c(cc(C#N)n5CCc5ccnc(C)c5)c4C)C3)C2)c2cc(CC(F)(F)F)sc2n1. The molecule has 1 unspecified atom stereocenters. The Bertz CT molecular complexity index is 2010. The van der Waals surface area contributed by atoms with Crippen LogP contribution in [0, 0.1) is 30.6 Å². The molecule has 2 aliphatic rings. The van der Waals surface area contributed by atoms with Gasteiger partial charge in [-0.3, -0.25) is 9.88 Å². The van der Waals surface area contributed by atoms with Gasteiger partial charge in [-0.15, -0.1) is 11.3 Å². The predicted molar refractivity (Wildman–Crippen MR) is 180 cm³/mol. The molecular formula is C35H37F3N8S. The number of alkyl halides is 3. The molecule has 0 bridgehead atoms. The van der Waals surface area contributed by atoms with Crippen LogP contribution in [0.15, 0.2) is 42.6 Å². The summed E-state index contributed by atoms with van der Waals surface area (Å²) in [5.74, 6) is 1.14. The summed E-state index contributed by atoms with van der Waals surface area (Å²) in [6.07, 6.45) is -0.498. The number of rotatable bonds is 8. The van der Waals surface area contributed by atoms with Crippen molar-refractivity contribution < 1.29 is 13.2 Å². The van der Waals surface area contributed by atoms with Gasteiger partial charge < -0.3 is 14.8 Å². The number of aryl methyl sites for hydroxylation is 4. The second-order valence-electron chi connectivity index (χ2n) is 13.1. The zero-order chi connectivity index (χ0) is 32.9. The van der Waals surface area contributed by atoms with Gasteiger partial charge in [-0.25, -0.2) is 4.98 Å². The van der Waals surface area contributed by atoms with Crippen LogP contribution in [0.25, 0.3) is 21.1 Å². The van der Waals surface area contributed by atoms with Crippen LogP contribution in [0.5, 0.6) is 0 Å². The van der Waals surface area contributed by atoms with E-state index in [0.29, 0.717) is 21.9 Å². The van der Waals surface area contributed by atoms with Crippen LogP contribution in [0.1, 0.15) is 45.8 Å². The zero-order valence-corrected chi connectivity index (χ0v) is 27.6. The zero-order valence-electron chi connectivity index (χ0n) is 26.8. The summed E-state index contributed by atoms with van der Waals surface area (Å²) >= 11 is 1.09. The van der Waals surface area contributed by atoms with Crippen molar-refractivity contribution in [3.05, 3.63) is 75.6 Å². The first kappa shape index (κ1) is 31.4. The number of likely N-dealkylation sites (tertiary alicyclic amines) is 1.